The minimum atomic E-state index is -4.58. The van der Waals surface area contributed by atoms with Crippen LogP contribution in [0.1, 0.15) is 11.1 Å². The number of benzene rings is 1. The number of aromatic nitrogens is 5. The van der Waals surface area contributed by atoms with E-state index in [0.29, 0.717) is 5.69 Å². The van der Waals surface area contributed by atoms with Crippen molar-refractivity contribution < 1.29 is 13.2 Å². The first-order valence-electron chi connectivity index (χ1n) is 6.31. The minimum absolute atomic E-state index is 0.00828. The Labute approximate surface area is 127 Å². The Morgan fingerprint density at radius 2 is 1.96 bits per heavy atom. The zero-order valence-electron chi connectivity index (χ0n) is 11.4. The Kier molecular flexibility index (Phi) is 3.50. The van der Waals surface area contributed by atoms with Crippen molar-refractivity contribution in [1.82, 2.24) is 25.2 Å². The number of tetrazole rings is 1. The van der Waals surface area contributed by atoms with Crippen molar-refractivity contribution in [3.8, 4) is 23.3 Å². The summed E-state index contributed by atoms with van der Waals surface area (Å²) in [4.78, 5) is 4.97. The summed E-state index contributed by atoms with van der Waals surface area (Å²) in [7, 11) is 0. The monoisotopic (exact) mass is 316 g/mol. The maximum atomic E-state index is 12.9. The third-order valence-electron chi connectivity index (χ3n) is 2.91. The molecule has 3 aromatic rings. The summed E-state index contributed by atoms with van der Waals surface area (Å²) >= 11 is 0. The van der Waals surface area contributed by atoms with Crippen LogP contribution in [0, 0.1) is 11.3 Å². The molecule has 114 valence electrons. The van der Waals surface area contributed by atoms with Crippen LogP contribution in [0.5, 0.6) is 0 Å². The van der Waals surface area contributed by atoms with Crippen molar-refractivity contribution in [2.24, 2.45) is 0 Å². The van der Waals surface area contributed by atoms with Gasteiger partial charge in [0, 0.05) is 6.20 Å². The van der Waals surface area contributed by atoms with Gasteiger partial charge in [0.05, 0.1) is 22.9 Å². The number of alkyl halides is 3. The van der Waals surface area contributed by atoms with Crippen LogP contribution in [0.25, 0.3) is 17.2 Å². The smallest absolute Gasteiger partial charge is 0.253 e. The second-order valence-corrected chi connectivity index (χ2v) is 4.50. The third-order valence-corrected chi connectivity index (χ3v) is 2.91. The number of pyridine rings is 1. The Balaban J connectivity index is 2.06. The second-order valence-electron chi connectivity index (χ2n) is 4.50. The van der Waals surface area contributed by atoms with Gasteiger partial charge in [-0.3, -0.25) is 4.98 Å². The molecule has 0 unspecified atom stereocenters. The summed E-state index contributed by atoms with van der Waals surface area (Å²) in [6, 6.07) is 9.63. The average molecular weight is 316 g/mol. The summed E-state index contributed by atoms with van der Waals surface area (Å²) in [6.07, 6.45) is -3.04. The maximum Gasteiger partial charge on any atom is 0.416 e. The first-order chi connectivity index (χ1) is 11.0. The van der Waals surface area contributed by atoms with Crippen LogP contribution in [0.15, 0.2) is 42.6 Å². The Morgan fingerprint density at radius 3 is 2.61 bits per heavy atom. The Bertz CT molecular complexity index is 880. The largest absolute Gasteiger partial charge is 0.416 e. The number of hydrogen-bond acceptors (Lipinski definition) is 5. The first-order valence-corrected chi connectivity index (χ1v) is 6.31. The zero-order valence-corrected chi connectivity index (χ0v) is 11.4. The van der Waals surface area contributed by atoms with E-state index in [1.54, 1.807) is 24.3 Å². The van der Waals surface area contributed by atoms with Crippen molar-refractivity contribution in [1.29, 1.82) is 5.26 Å². The predicted octanol–water partition coefficient (Wildman–Crippen LogP) is 2.61. The van der Waals surface area contributed by atoms with E-state index in [2.05, 4.69) is 20.4 Å². The van der Waals surface area contributed by atoms with Crippen LogP contribution in [0.3, 0.4) is 0 Å². The molecule has 0 fully saturated rings. The number of nitriles is 1. The standard InChI is InChI=1S/C14H7F3N6/c15-14(16,17)10-5-9(8-18)6-11(7-10)23-21-13(20-22-23)12-3-1-2-4-19-12/h1-7H. The molecule has 0 bridgehead atoms. The van der Waals surface area contributed by atoms with Crippen molar-refractivity contribution in [2.75, 3.05) is 0 Å². The Hall–Kier alpha value is -3.28. The van der Waals surface area contributed by atoms with Gasteiger partial charge in [-0.2, -0.15) is 18.4 Å². The van der Waals surface area contributed by atoms with Crippen LogP contribution in [0.2, 0.25) is 0 Å². The van der Waals surface area contributed by atoms with Crippen LogP contribution >= 0.6 is 0 Å². The van der Waals surface area contributed by atoms with E-state index in [1.807, 2.05) is 0 Å². The quantitative estimate of drug-likeness (QED) is 0.726. The molecular formula is C14H7F3N6. The van der Waals surface area contributed by atoms with Gasteiger partial charge in [0.25, 0.3) is 0 Å². The molecule has 6 nitrogen and oxygen atoms in total. The molecule has 0 aliphatic rings. The molecule has 23 heavy (non-hydrogen) atoms. The molecule has 9 heteroatoms. The van der Waals surface area contributed by atoms with Gasteiger partial charge in [-0.15, -0.1) is 15.0 Å². The number of rotatable bonds is 2. The molecule has 0 saturated carbocycles. The maximum absolute atomic E-state index is 12.9. The van der Waals surface area contributed by atoms with Crippen molar-refractivity contribution in [3.05, 3.63) is 53.7 Å². The highest BCUT2D eigenvalue weighted by Gasteiger charge is 2.31. The molecule has 2 aromatic heterocycles. The fourth-order valence-electron chi connectivity index (χ4n) is 1.88. The SMILES string of the molecule is N#Cc1cc(-n2nnc(-c3ccccn3)n2)cc(C(F)(F)F)c1. The van der Waals surface area contributed by atoms with Crippen LogP contribution in [0.4, 0.5) is 13.2 Å². The lowest BCUT2D eigenvalue weighted by molar-refractivity contribution is -0.137. The molecule has 2 heterocycles. The van der Waals surface area contributed by atoms with E-state index < -0.39 is 11.7 Å². The fraction of sp³-hybridized carbons (Fsp3) is 0.0714. The number of hydrogen-bond donors (Lipinski definition) is 0. The molecule has 1 aromatic carbocycles. The summed E-state index contributed by atoms with van der Waals surface area (Å²) in [5.74, 6) is 0.168. The third kappa shape index (κ3) is 3.01. The Morgan fingerprint density at radius 1 is 1.13 bits per heavy atom. The van der Waals surface area contributed by atoms with Crippen molar-refractivity contribution >= 4 is 0 Å². The van der Waals surface area contributed by atoms with E-state index in [0.717, 1.165) is 16.9 Å². The normalized spacial score (nSPS) is 11.2. The van der Waals surface area contributed by atoms with E-state index in [9.17, 15) is 13.2 Å². The fourth-order valence-corrected chi connectivity index (χ4v) is 1.88. The van der Waals surface area contributed by atoms with Crippen LogP contribution in [-0.4, -0.2) is 25.2 Å². The van der Waals surface area contributed by atoms with Crippen LogP contribution < -0.4 is 0 Å². The lowest BCUT2D eigenvalue weighted by Gasteiger charge is -2.08. The molecule has 3 rings (SSSR count). The molecule has 0 spiro atoms. The molecule has 0 radical (unpaired) electrons. The van der Waals surface area contributed by atoms with Crippen molar-refractivity contribution in [2.45, 2.75) is 6.18 Å². The van der Waals surface area contributed by atoms with E-state index in [-0.39, 0.29) is 17.1 Å². The molecular weight excluding hydrogens is 309 g/mol. The highest BCUT2D eigenvalue weighted by Crippen LogP contribution is 2.31. The predicted molar refractivity (Wildman–Crippen MR) is 72.1 cm³/mol. The van der Waals surface area contributed by atoms with Crippen molar-refractivity contribution in [3.63, 3.8) is 0 Å². The molecule has 0 aliphatic heterocycles. The minimum Gasteiger partial charge on any atom is -0.253 e. The van der Waals surface area contributed by atoms with E-state index in [1.165, 1.54) is 12.3 Å². The number of halogens is 3. The summed E-state index contributed by atoms with van der Waals surface area (Å²) in [5.41, 5.74) is -0.674. The first kappa shape index (κ1) is 14.6. The summed E-state index contributed by atoms with van der Waals surface area (Å²) in [5, 5.41) is 20.4. The zero-order chi connectivity index (χ0) is 16.4. The highest BCUT2D eigenvalue weighted by atomic mass is 19.4. The van der Waals surface area contributed by atoms with Gasteiger partial charge in [0.2, 0.25) is 5.82 Å². The molecule has 0 amide bonds. The van der Waals surface area contributed by atoms with Gasteiger partial charge in [0.1, 0.15) is 5.69 Å². The lowest BCUT2D eigenvalue weighted by Crippen LogP contribution is -2.08. The average Bonchev–Trinajstić information content (AvgIpc) is 3.04. The summed E-state index contributed by atoms with van der Waals surface area (Å²) < 4.78 is 38.7. The van der Waals surface area contributed by atoms with Gasteiger partial charge in [-0.05, 0) is 35.5 Å². The van der Waals surface area contributed by atoms with Gasteiger partial charge in [-0.25, -0.2) is 0 Å². The van der Waals surface area contributed by atoms with E-state index >= 15 is 0 Å². The van der Waals surface area contributed by atoms with Gasteiger partial charge in [0.15, 0.2) is 0 Å². The molecule has 0 saturated heterocycles. The lowest BCUT2D eigenvalue weighted by atomic mass is 10.1. The molecule has 0 N–H and O–H groups in total. The second kappa shape index (κ2) is 5.49. The van der Waals surface area contributed by atoms with Gasteiger partial charge < -0.3 is 0 Å². The molecule has 0 aliphatic carbocycles. The molecule has 0 atom stereocenters. The summed E-state index contributed by atoms with van der Waals surface area (Å²) in [6.45, 7) is 0. The van der Waals surface area contributed by atoms with Crippen LogP contribution in [-0.2, 0) is 6.18 Å². The highest BCUT2D eigenvalue weighted by molar-refractivity contribution is 5.48. The number of nitrogens with zero attached hydrogens (tertiary/aromatic N) is 6. The topological polar surface area (TPSA) is 80.3 Å². The van der Waals surface area contributed by atoms with E-state index in [4.69, 9.17) is 5.26 Å². The van der Waals surface area contributed by atoms with Gasteiger partial charge in [-0.1, -0.05) is 6.07 Å². The van der Waals surface area contributed by atoms with Gasteiger partial charge >= 0.3 is 6.18 Å².